The van der Waals surface area contributed by atoms with Gasteiger partial charge in [0.1, 0.15) is 11.6 Å². The number of hydrogen-bond acceptors (Lipinski definition) is 4. The molecule has 2 aromatic rings. The number of nitrogens with zero attached hydrogens (tertiary/aromatic N) is 1. The van der Waals surface area contributed by atoms with E-state index in [9.17, 15) is 9.59 Å². The normalized spacial score (nSPS) is 11.2. The Bertz CT molecular complexity index is 856. The molecule has 0 bridgehead atoms. The second-order valence-electron chi connectivity index (χ2n) is 5.99. The minimum atomic E-state index is -0.389. The van der Waals surface area contributed by atoms with Crippen LogP contribution in [0.4, 0.5) is 0 Å². The highest BCUT2D eigenvalue weighted by atomic mass is 35.5. The van der Waals surface area contributed by atoms with E-state index < -0.39 is 0 Å². The molecular weight excluding hydrogens is 352 g/mol. The Morgan fingerprint density at radius 3 is 2.58 bits per heavy atom. The van der Waals surface area contributed by atoms with Gasteiger partial charge in [-0.2, -0.15) is 5.26 Å². The van der Waals surface area contributed by atoms with Gasteiger partial charge in [0.15, 0.2) is 0 Å². The predicted molar refractivity (Wildman–Crippen MR) is 103 cm³/mol. The first-order chi connectivity index (χ1) is 11.9. The van der Waals surface area contributed by atoms with Gasteiger partial charge in [0.25, 0.3) is 5.56 Å². The number of nitrogens with one attached hydrogen (secondary N) is 2. The number of benzene rings is 1. The summed E-state index contributed by atoms with van der Waals surface area (Å²) in [7, 11) is 0. The van der Waals surface area contributed by atoms with E-state index in [1.54, 1.807) is 13.8 Å². The number of rotatable bonds is 6. The van der Waals surface area contributed by atoms with Crippen molar-refractivity contribution >= 4 is 18.3 Å². The molecule has 0 saturated carbocycles. The fourth-order valence-corrected chi connectivity index (χ4v) is 2.79. The molecule has 138 valence electrons. The highest BCUT2D eigenvalue weighted by Gasteiger charge is 2.14. The van der Waals surface area contributed by atoms with Crippen molar-refractivity contribution in [1.82, 2.24) is 10.3 Å². The lowest BCUT2D eigenvalue weighted by molar-refractivity contribution is -0.121. The Morgan fingerprint density at radius 1 is 1.31 bits per heavy atom. The van der Waals surface area contributed by atoms with Crippen LogP contribution in [0.5, 0.6) is 0 Å². The van der Waals surface area contributed by atoms with Crippen molar-refractivity contribution in [2.45, 2.75) is 32.7 Å². The van der Waals surface area contributed by atoms with Crippen LogP contribution >= 0.6 is 12.4 Å². The molecule has 0 radical (unpaired) electrons. The van der Waals surface area contributed by atoms with E-state index in [4.69, 9.17) is 11.0 Å². The van der Waals surface area contributed by atoms with E-state index in [0.717, 1.165) is 11.1 Å². The smallest absolute Gasteiger partial charge is 0.266 e. The number of aryl methyl sites for hydroxylation is 1. The molecule has 1 atom stereocenters. The third kappa shape index (κ3) is 5.19. The summed E-state index contributed by atoms with van der Waals surface area (Å²) < 4.78 is 0. The van der Waals surface area contributed by atoms with Gasteiger partial charge >= 0.3 is 0 Å². The Labute approximate surface area is 158 Å². The van der Waals surface area contributed by atoms with E-state index in [2.05, 4.69) is 10.3 Å². The number of aromatic amines is 1. The first-order valence-corrected chi connectivity index (χ1v) is 8.13. The average Bonchev–Trinajstić information content (AvgIpc) is 2.60. The zero-order chi connectivity index (χ0) is 18.4. The van der Waals surface area contributed by atoms with Gasteiger partial charge in [0.2, 0.25) is 5.91 Å². The largest absolute Gasteiger partial charge is 0.354 e. The lowest BCUT2D eigenvalue weighted by Gasteiger charge is -2.14. The Morgan fingerprint density at radius 2 is 1.96 bits per heavy atom. The van der Waals surface area contributed by atoms with Crippen molar-refractivity contribution < 1.29 is 4.79 Å². The van der Waals surface area contributed by atoms with E-state index in [0.29, 0.717) is 24.2 Å². The maximum Gasteiger partial charge on any atom is 0.266 e. The van der Waals surface area contributed by atoms with Crippen LogP contribution in [0, 0.1) is 25.2 Å². The minimum Gasteiger partial charge on any atom is -0.354 e. The van der Waals surface area contributed by atoms with E-state index >= 15 is 0 Å². The van der Waals surface area contributed by atoms with Gasteiger partial charge < -0.3 is 16.0 Å². The molecule has 1 aromatic heterocycles. The monoisotopic (exact) mass is 374 g/mol. The van der Waals surface area contributed by atoms with Crippen molar-refractivity contribution in [3.63, 3.8) is 0 Å². The van der Waals surface area contributed by atoms with Crippen LogP contribution in [-0.4, -0.2) is 17.4 Å². The van der Waals surface area contributed by atoms with Crippen LogP contribution in [0.15, 0.2) is 35.1 Å². The molecular formula is C19H23ClN4O2. The van der Waals surface area contributed by atoms with Crippen LogP contribution in [0.25, 0.3) is 0 Å². The summed E-state index contributed by atoms with van der Waals surface area (Å²) in [5.74, 6) is -0.116. The number of halogens is 1. The summed E-state index contributed by atoms with van der Waals surface area (Å²) in [5, 5.41) is 11.9. The summed E-state index contributed by atoms with van der Waals surface area (Å²) in [5.41, 5.74) is 8.90. The number of amides is 1. The predicted octanol–water partition coefficient (Wildman–Crippen LogP) is 2.03. The van der Waals surface area contributed by atoms with Crippen molar-refractivity contribution in [3.8, 4) is 6.07 Å². The van der Waals surface area contributed by atoms with Crippen LogP contribution in [-0.2, 0) is 11.2 Å². The highest BCUT2D eigenvalue weighted by Crippen LogP contribution is 2.15. The third-order valence-corrected chi connectivity index (χ3v) is 4.27. The van der Waals surface area contributed by atoms with Crippen LogP contribution in [0.3, 0.4) is 0 Å². The fraction of sp³-hybridized carbons (Fsp3) is 0.316. The first-order valence-electron chi connectivity index (χ1n) is 8.13. The highest BCUT2D eigenvalue weighted by molar-refractivity contribution is 5.85. The van der Waals surface area contributed by atoms with Gasteiger partial charge in [-0.1, -0.05) is 30.3 Å². The van der Waals surface area contributed by atoms with Gasteiger partial charge in [-0.25, -0.2) is 0 Å². The molecule has 0 saturated heterocycles. The SMILES string of the molecule is Cc1[nH]c(=O)c(C#N)c(C)c1CCC(=O)NCC(N)c1ccccc1.Cl. The Hall–Kier alpha value is -2.62. The zero-order valence-corrected chi connectivity index (χ0v) is 15.7. The van der Waals surface area contributed by atoms with Crippen LogP contribution < -0.4 is 16.6 Å². The quantitative estimate of drug-likeness (QED) is 0.718. The lowest BCUT2D eigenvalue weighted by Crippen LogP contribution is -2.32. The number of carbonyl (C=O) groups excluding carboxylic acids is 1. The number of carbonyl (C=O) groups is 1. The molecule has 4 N–H and O–H groups in total. The van der Waals surface area contributed by atoms with Gasteiger partial charge in [0.05, 0.1) is 0 Å². The number of hydrogen-bond donors (Lipinski definition) is 3. The van der Waals surface area contributed by atoms with Gasteiger partial charge in [-0.15, -0.1) is 12.4 Å². The summed E-state index contributed by atoms with van der Waals surface area (Å²) in [6.45, 7) is 3.86. The molecule has 2 rings (SSSR count). The second kappa shape index (κ2) is 9.76. The fourth-order valence-electron chi connectivity index (χ4n) is 2.79. The standard InChI is InChI=1S/C19H22N4O2.ClH/c1-12-15(13(2)23-19(25)16(12)10-20)8-9-18(24)22-11-17(21)14-6-4-3-5-7-14;/h3-7,17H,8-9,11,21H2,1-2H3,(H,22,24)(H,23,25);1H. The molecule has 1 heterocycles. The maximum absolute atomic E-state index is 12.1. The van der Waals surface area contributed by atoms with E-state index in [1.165, 1.54) is 0 Å². The number of nitrogens with two attached hydrogens (primary N) is 1. The number of H-pyrrole nitrogens is 1. The van der Waals surface area contributed by atoms with Gasteiger partial charge in [-0.3, -0.25) is 9.59 Å². The molecule has 26 heavy (non-hydrogen) atoms. The molecule has 1 amide bonds. The zero-order valence-electron chi connectivity index (χ0n) is 14.8. The van der Waals surface area contributed by atoms with Crippen molar-refractivity contribution in [1.29, 1.82) is 5.26 Å². The summed E-state index contributed by atoms with van der Waals surface area (Å²) >= 11 is 0. The third-order valence-electron chi connectivity index (χ3n) is 4.27. The minimum absolute atomic E-state index is 0. The van der Waals surface area contributed by atoms with E-state index in [1.807, 2.05) is 36.4 Å². The number of nitriles is 1. The summed E-state index contributed by atoms with van der Waals surface area (Å²) in [4.78, 5) is 26.5. The van der Waals surface area contributed by atoms with Gasteiger partial charge in [-0.05, 0) is 37.0 Å². The van der Waals surface area contributed by atoms with Crippen molar-refractivity contribution in [3.05, 3.63) is 68.6 Å². The first kappa shape index (κ1) is 21.4. The molecule has 0 aliphatic carbocycles. The molecule has 0 fully saturated rings. The molecule has 0 aliphatic heterocycles. The lowest BCUT2D eigenvalue weighted by atomic mass is 9.99. The van der Waals surface area contributed by atoms with Crippen molar-refractivity contribution in [2.24, 2.45) is 5.73 Å². The number of pyridine rings is 1. The topological polar surface area (TPSA) is 112 Å². The maximum atomic E-state index is 12.1. The number of aromatic nitrogens is 1. The van der Waals surface area contributed by atoms with Crippen LogP contribution in [0.1, 0.15) is 40.4 Å². The Balaban J connectivity index is 0.00000338. The molecule has 1 unspecified atom stereocenters. The molecule has 0 aliphatic rings. The molecule has 6 nitrogen and oxygen atoms in total. The second-order valence-corrected chi connectivity index (χ2v) is 5.99. The summed E-state index contributed by atoms with van der Waals surface area (Å²) in [6.07, 6.45) is 0.718. The van der Waals surface area contributed by atoms with Gasteiger partial charge in [0, 0.05) is 24.7 Å². The van der Waals surface area contributed by atoms with Crippen molar-refractivity contribution in [2.75, 3.05) is 6.54 Å². The van der Waals surface area contributed by atoms with E-state index in [-0.39, 0.29) is 41.9 Å². The van der Waals surface area contributed by atoms with Crippen LogP contribution in [0.2, 0.25) is 0 Å². The molecule has 1 aromatic carbocycles. The average molecular weight is 375 g/mol. The molecule has 0 spiro atoms. The molecule has 7 heteroatoms. The Kier molecular flexibility index (Phi) is 8.04. The summed E-state index contributed by atoms with van der Waals surface area (Å²) in [6, 6.07) is 11.2.